The number of carbonyl (C=O) groups is 1. The van der Waals surface area contributed by atoms with Crippen molar-refractivity contribution < 1.29 is 57.8 Å². The lowest BCUT2D eigenvalue weighted by Crippen LogP contribution is -2.68. The third-order valence-electron chi connectivity index (χ3n) is 2.07. The Morgan fingerprint density at radius 2 is 1.14 bits per heavy atom. The number of alkyl halides is 11. The molecule has 0 aromatic rings. The van der Waals surface area contributed by atoms with Gasteiger partial charge in [-0.1, -0.05) is 0 Å². The molecule has 0 aliphatic heterocycles. The molecule has 0 aliphatic rings. The maximum Gasteiger partial charge on any atom is 0.460 e. The zero-order chi connectivity index (χ0) is 17.5. The van der Waals surface area contributed by atoms with Crippen LogP contribution in [0, 0.1) is 0 Å². The van der Waals surface area contributed by atoms with Crippen LogP contribution in [0.4, 0.5) is 48.3 Å². The van der Waals surface area contributed by atoms with Crippen LogP contribution < -0.4 is 0 Å². The van der Waals surface area contributed by atoms with Gasteiger partial charge in [-0.05, 0) is 6.92 Å². The zero-order valence-corrected chi connectivity index (χ0v) is 9.68. The number of esters is 1. The lowest BCUT2D eigenvalue weighted by Gasteiger charge is -2.36. The van der Waals surface area contributed by atoms with E-state index in [1.165, 1.54) is 0 Å². The van der Waals surface area contributed by atoms with Gasteiger partial charge >= 0.3 is 35.8 Å². The summed E-state index contributed by atoms with van der Waals surface area (Å²) in [6.07, 6.45) is -7.26. The van der Waals surface area contributed by atoms with Crippen molar-refractivity contribution >= 4 is 5.97 Å². The summed E-state index contributed by atoms with van der Waals surface area (Å²) < 4.78 is 139. The highest BCUT2D eigenvalue weighted by Gasteiger charge is 2.88. The van der Waals surface area contributed by atoms with Crippen LogP contribution in [-0.2, 0) is 9.53 Å². The number of rotatable bonds is 5. The molecule has 13 heteroatoms. The summed E-state index contributed by atoms with van der Waals surface area (Å²) in [5.41, 5.74) is 0. The van der Waals surface area contributed by atoms with Crippen LogP contribution in [0.1, 0.15) is 6.92 Å². The minimum absolute atomic E-state index is 0.772. The van der Waals surface area contributed by atoms with Crippen molar-refractivity contribution in [3.05, 3.63) is 0 Å². The van der Waals surface area contributed by atoms with Gasteiger partial charge in [-0.2, -0.15) is 48.3 Å². The molecule has 0 amide bonds. The van der Waals surface area contributed by atoms with Crippen LogP contribution >= 0.6 is 0 Å². The average molecular weight is 342 g/mol. The molecular weight excluding hydrogens is 337 g/mol. The molecule has 0 fully saturated rings. The Labute approximate surface area is 108 Å². The van der Waals surface area contributed by atoms with Gasteiger partial charge in [0.15, 0.2) is 0 Å². The standard InChI is InChI=1S/C8H5F11O2/c1-2-21-3(20)4(9,10)5(11,12)6(13,14)7(15,16)8(17,18)19/h2H2,1H3. The van der Waals surface area contributed by atoms with Crippen LogP contribution in [0.3, 0.4) is 0 Å². The smallest absolute Gasteiger partial charge is 0.460 e. The van der Waals surface area contributed by atoms with Gasteiger partial charge in [-0.3, -0.25) is 0 Å². The summed E-state index contributed by atoms with van der Waals surface area (Å²) in [4.78, 5) is 10.4. The Balaban J connectivity index is 5.94. The first-order valence-electron chi connectivity index (χ1n) is 4.73. The van der Waals surface area contributed by atoms with E-state index in [9.17, 15) is 53.1 Å². The molecule has 0 radical (unpaired) electrons. The van der Waals surface area contributed by atoms with Gasteiger partial charge in [0.2, 0.25) is 0 Å². The van der Waals surface area contributed by atoms with Crippen LogP contribution in [0.15, 0.2) is 0 Å². The van der Waals surface area contributed by atoms with E-state index in [4.69, 9.17) is 0 Å². The highest BCUT2D eigenvalue weighted by atomic mass is 19.4. The molecule has 0 heterocycles. The first-order valence-corrected chi connectivity index (χ1v) is 4.73. The second-order valence-corrected chi connectivity index (χ2v) is 3.52. The molecule has 0 saturated carbocycles. The highest BCUT2D eigenvalue weighted by Crippen LogP contribution is 2.57. The van der Waals surface area contributed by atoms with Gasteiger partial charge in [-0.15, -0.1) is 0 Å². The van der Waals surface area contributed by atoms with E-state index in [2.05, 4.69) is 4.74 Å². The summed E-state index contributed by atoms with van der Waals surface area (Å²) >= 11 is 0. The summed E-state index contributed by atoms with van der Waals surface area (Å²) in [5.74, 6) is -32.5. The predicted octanol–water partition coefficient (Wildman–Crippen LogP) is 3.65. The van der Waals surface area contributed by atoms with Crippen molar-refractivity contribution in [2.75, 3.05) is 6.61 Å². The van der Waals surface area contributed by atoms with Crippen molar-refractivity contribution in [3.63, 3.8) is 0 Å². The Hall–Kier alpha value is -1.30. The van der Waals surface area contributed by atoms with Gasteiger partial charge < -0.3 is 4.74 Å². The van der Waals surface area contributed by atoms with E-state index < -0.39 is 42.4 Å². The largest absolute Gasteiger partial charge is 0.461 e. The molecule has 126 valence electrons. The highest BCUT2D eigenvalue weighted by molar-refractivity contribution is 5.79. The van der Waals surface area contributed by atoms with Crippen LogP contribution in [0.5, 0.6) is 0 Å². The zero-order valence-electron chi connectivity index (χ0n) is 9.68. The van der Waals surface area contributed by atoms with Crippen molar-refractivity contribution in [2.45, 2.75) is 36.8 Å². The summed E-state index contributed by atoms with van der Waals surface area (Å²) in [7, 11) is 0. The molecule has 0 saturated heterocycles. The number of hydrogen-bond donors (Lipinski definition) is 0. The fraction of sp³-hybridized carbons (Fsp3) is 0.875. The number of ether oxygens (including phenoxy) is 1. The Morgan fingerprint density at radius 3 is 1.43 bits per heavy atom. The van der Waals surface area contributed by atoms with Crippen molar-refractivity contribution in [3.8, 4) is 0 Å². The molecule has 0 aliphatic carbocycles. The quantitative estimate of drug-likeness (QED) is 0.563. The Morgan fingerprint density at radius 1 is 0.762 bits per heavy atom. The monoisotopic (exact) mass is 342 g/mol. The number of carbonyl (C=O) groups excluding carboxylic acids is 1. The third kappa shape index (κ3) is 2.73. The van der Waals surface area contributed by atoms with E-state index in [1.807, 2.05) is 0 Å². The topological polar surface area (TPSA) is 26.3 Å². The van der Waals surface area contributed by atoms with E-state index >= 15 is 0 Å². The van der Waals surface area contributed by atoms with E-state index in [0.717, 1.165) is 6.92 Å². The van der Waals surface area contributed by atoms with E-state index in [0.29, 0.717) is 0 Å². The lowest BCUT2D eigenvalue weighted by molar-refractivity contribution is -0.418. The maximum atomic E-state index is 12.8. The molecule has 0 N–H and O–H groups in total. The molecule has 0 bridgehead atoms. The lowest BCUT2D eigenvalue weighted by atomic mass is 9.98. The second kappa shape index (κ2) is 5.16. The van der Waals surface area contributed by atoms with Gasteiger partial charge in [0.25, 0.3) is 0 Å². The van der Waals surface area contributed by atoms with Gasteiger partial charge in [-0.25, -0.2) is 4.79 Å². The molecule has 0 rings (SSSR count). The molecule has 0 spiro atoms. The number of hydrogen-bond acceptors (Lipinski definition) is 2. The fourth-order valence-corrected chi connectivity index (χ4v) is 0.922. The van der Waals surface area contributed by atoms with Crippen molar-refractivity contribution in [2.24, 2.45) is 0 Å². The number of halogens is 11. The van der Waals surface area contributed by atoms with Crippen LogP contribution in [0.25, 0.3) is 0 Å². The van der Waals surface area contributed by atoms with Gasteiger partial charge in [0, 0.05) is 0 Å². The van der Waals surface area contributed by atoms with Crippen molar-refractivity contribution in [1.29, 1.82) is 0 Å². The predicted molar refractivity (Wildman–Crippen MR) is 42.5 cm³/mol. The molecule has 0 aromatic carbocycles. The normalized spacial score (nSPS) is 15.0. The molecular formula is C8H5F11O2. The minimum atomic E-state index is -7.60. The summed E-state index contributed by atoms with van der Waals surface area (Å²) in [6.45, 7) is -0.264. The first-order chi connectivity index (χ1) is 8.98. The van der Waals surface area contributed by atoms with E-state index in [-0.39, 0.29) is 0 Å². The summed E-state index contributed by atoms with van der Waals surface area (Å²) in [5, 5.41) is 0. The van der Waals surface area contributed by atoms with Crippen LogP contribution in [0.2, 0.25) is 0 Å². The SMILES string of the molecule is CCOC(=O)C(F)(F)C(F)(F)C(F)(F)C(F)(F)C(F)(F)F. The molecule has 0 atom stereocenters. The maximum absolute atomic E-state index is 12.8. The molecule has 2 nitrogen and oxygen atoms in total. The molecule has 0 unspecified atom stereocenters. The van der Waals surface area contributed by atoms with E-state index in [1.54, 1.807) is 0 Å². The average Bonchev–Trinajstić information content (AvgIpc) is 2.26. The summed E-state index contributed by atoms with van der Waals surface area (Å²) in [6, 6.07) is 0. The second-order valence-electron chi connectivity index (χ2n) is 3.52. The van der Waals surface area contributed by atoms with Crippen molar-refractivity contribution in [1.82, 2.24) is 0 Å². The van der Waals surface area contributed by atoms with Gasteiger partial charge in [0.1, 0.15) is 0 Å². The Bertz CT molecular complexity index is 398. The van der Waals surface area contributed by atoms with Gasteiger partial charge in [0.05, 0.1) is 6.61 Å². The minimum Gasteiger partial charge on any atom is -0.461 e. The molecule has 0 aromatic heterocycles. The Kier molecular flexibility index (Phi) is 4.84. The van der Waals surface area contributed by atoms with Crippen LogP contribution in [-0.4, -0.2) is 42.4 Å². The fourth-order valence-electron chi connectivity index (χ4n) is 0.922. The first kappa shape index (κ1) is 19.7. The third-order valence-corrected chi connectivity index (χ3v) is 2.07. The molecule has 21 heavy (non-hydrogen) atoms.